The van der Waals surface area contributed by atoms with Crippen molar-refractivity contribution in [3.05, 3.63) is 77.5 Å². The van der Waals surface area contributed by atoms with Crippen molar-refractivity contribution in [2.45, 2.75) is 26.3 Å². The van der Waals surface area contributed by atoms with E-state index in [0.29, 0.717) is 18.1 Å². The molecule has 6 heteroatoms. The molecule has 148 valence electrons. The first kappa shape index (κ1) is 18.9. The van der Waals surface area contributed by atoms with Crippen LogP contribution >= 0.6 is 0 Å². The van der Waals surface area contributed by atoms with Gasteiger partial charge in [-0.3, -0.25) is 4.79 Å². The van der Waals surface area contributed by atoms with Gasteiger partial charge in [-0.2, -0.15) is 0 Å². The van der Waals surface area contributed by atoms with Crippen LogP contribution in [0.5, 0.6) is 0 Å². The van der Waals surface area contributed by atoms with Gasteiger partial charge >= 0.3 is 0 Å². The number of rotatable bonds is 6. The van der Waals surface area contributed by atoms with E-state index in [1.807, 2.05) is 43.3 Å². The molecule has 3 aromatic rings. The van der Waals surface area contributed by atoms with E-state index in [-0.39, 0.29) is 5.91 Å². The number of hydrogen-bond acceptors (Lipinski definition) is 5. The highest BCUT2D eigenvalue weighted by Gasteiger charge is 2.12. The molecule has 4 rings (SSSR count). The molecule has 1 amide bonds. The lowest BCUT2D eigenvalue weighted by Gasteiger charge is -2.17. The molecule has 0 aliphatic carbocycles. The lowest BCUT2D eigenvalue weighted by atomic mass is 10.1. The predicted octanol–water partition coefficient (Wildman–Crippen LogP) is 4.06. The van der Waals surface area contributed by atoms with Crippen LogP contribution in [0.2, 0.25) is 0 Å². The van der Waals surface area contributed by atoms with Gasteiger partial charge in [0.1, 0.15) is 0 Å². The van der Waals surface area contributed by atoms with E-state index in [1.165, 1.54) is 24.1 Å². The van der Waals surface area contributed by atoms with Crippen LogP contribution < -0.4 is 15.5 Å². The molecule has 2 N–H and O–H groups in total. The third-order valence-corrected chi connectivity index (χ3v) is 5.04. The molecule has 1 saturated heterocycles. The molecule has 2 aromatic carbocycles. The Balaban J connectivity index is 1.33. The average molecular weight is 387 g/mol. The van der Waals surface area contributed by atoms with Crippen molar-refractivity contribution in [2.75, 3.05) is 23.3 Å². The molecule has 6 nitrogen and oxygen atoms in total. The van der Waals surface area contributed by atoms with Gasteiger partial charge in [-0.25, -0.2) is 0 Å². The number of carbonyl (C=O) groups is 1. The third-order valence-electron chi connectivity index (χ3n) is 5.04. The van der Waals surface area contributed by atoms with E-state index in [4.69, 9.17) is 0 Å². The monoisotopic (exact) mass is 387 g/mol. The second-order valence-electron chi connectivity index (χ2n) is 7.34. The Bertz CT molecular complexity index is 963. The van der Waals surface area contributed by atoms with Gasteiger partial charge in [-0.1, -0.05) is 29.8 Å². The van der Waals surface area contributed by atoms with E-state index in [9.17, 15) is 4.79 Å². The highest BCUT2D eigenvalue weighted by Crippen LogP contribution is 2.23. The minimum atomic E-state index is -0.236. The molecule has 1 aliphatic rings. The Labute approximate surface area is 171 Å². The summed E-state index contributed by atoms with van der Waals surface area (Å²) in [6, 6.07) is 19.8. The molecular weight excluding hydrogens is 362 g/mol. The van der Waals surface area contributed by atoms with Crippen LogP contribution in [0.1, 0.15) is 34.5 Å². The number of hydrogen-bond donors (Lipinski definition) is 2. The van der Waals surface area contributed by atoms with Crippen LogP contribution in [-0.4, -0.2) is 29.2 Å². The smallest absolute Gasteiger partial charge is 0.272 e. The van der Waals surface area contributed by atoms with Gasteiger partial charge in [0.2, 0.25) is 0 Å². The van der Waals surface area contributed by atoms with Gasteiger partial charge in [0.25, 0.3) is 5.91 Å². The van der Waals surface area contributed by atoms with Crippen molar-refractivity contribution in [2.24, 2.45) is 0 Å². The number of amides is 1. The van der Waals surface area contributed by atoms with Crippen LogP contribution in [0, 0.1) is 6.92 Å². The fourth-order valence-corrected chi connectivity index (χ4v) is 3.49. The minimum Gasteiger partial charge on any atom is -0.372 e. The molecule has 0 spiro atoms. The molecule has 0 atom stereocenters. The summed E-state index contributed by atoms with van der Waals surface area (Å²) in [4.78, 5) is 14.7. The second kappa shape index (κ2) is 8.73. The van der Waals surface area contributed by atoms with E-state index in [0.717, 1.165) is 24.3 Å². The van der Waals surface area contributed by atoms with Gasteiger partial charge in [-0.05, 0) is 61.7 Å². The molecule has 1 aliphatic heterocycles. The lowest BCUT2D eigenvalue weighted by Crippen LogP contribution is -2.24. The zero-order valence-electron chi connectivity index (χ0n) is 16.6. The molecule has 1 aromatic heterocycles. The van der Waals surface area contributed by atoms with E-state index in [2.05, 4.69) is 37.9 Å². The maximum absolute atomic E-state index is 12.3. The Morgan fingerprint density at radius 1 is 1.00 bits per heavy atom. The van der Waals surface area contributed by atoms with Gasteiger partial charge < -0.3 is 15.5 Å². The normalized spacial score (nSPS) is 13.3. The van der Waals surface area contributed by atoms with E-state index in [1.54, 1.807) is 12.1 Å². The van der Waals surface area contributed by atoms with Crippen LogP contribution in [0.25, 0.3) is 0 Å². The number of carbonyl (C=O) groups excluding carboxylic acids is 1. The van der Waals surface area contributed by atoms with Crippen LogP contribution in [-0.2, 0) is 6.54 Å². The fraction of sp³-hybridized carbons (Fsp3) is 0.261. The number of nitrogens with zero attached hydrogens (tertiary/aromatic N) is 3. The molecule has 0 radical (unpaired) electrons. The second-order valence-corrected chi connectivity index (χ2v) is 7.34. The first-order chi connectivity index (χ1) is 14.2. The summed E-state index contributed by atoms with van der Waals surface area (Å²) >= 11 is 0. The number of anilines is 3. The maximum atomic E-state index is 12.3. The molecule has 2 heterocycles. The van der Waals surface area contributed by atoms with Gasteiger partial charge in [-0.15, -0.1) is 10.2 Å². The average Bonchev–Trinajstić information content (AvgIpc) is 3.28. The Morgan fingerprint density at radius 3 is 2.48 bits per heavy atom. The third kappa shape index (κ3) is 4.90. The van der Waals surface area contributed by atoms with Gasteiger partial charge in [0.15, 0.2) is 11.5 Å². The largest absolute Gasteiger partial charge is 0.372 e. The molecule has 0 bridgehead atoms. The van der Waals surface area contributed by atoms with Crippen LogP contribution in [0.3, 0.4) is 0 Å². The summed E-state index contributed by atoms with van der Waals surface area (Å²) in [6.07, 6.45) is 2.53. The van der Waals surface area contributed by atoms with Gasteiger partial charge in [0.05, 0.1) is 0 Å². The molecular formula is C23H25N5O. The summed E-state index contributed by atoms with van der Waals surface area (Å²) in [5.74, 6) is 0.370. The van der Waals surface area contributed by atoms with Crippen molar-refractivity contribution < 1.29 is 4.79 Å². The highest BCUT2D eigenvalue weighted by molar-refractivity contribution is 5.92. The zero-order chi connectivity index (χ0) is 20.1. The number of aryl methyl sites for hydroxylation is 1. The van der Waals surface area contributed by atoms with Crippen LogP contribution in [0.15, 0.2) is 60.7 Å². The van der Waals surface area contributed by atoms with Crippen molar-refractivity contribution in [1.82, 2.24) is 15.5 Å². The standard InChI is InChI=1S/C23H25N5O/c1-17-5-4-6-18(15-17)16-24-23(29)21-11-12-22(27-26-21)25-19-7-9-20(10-8-19)28-13-2-3-14-28/h4-12,15H,2-3,13-14,16H2,1H3,(H,24,29)(H,25,27). The van der Waals surface area contributed by atoms with Crippen LogP contribution in [0.4, 0.5) is 17.2 Å². The topological polar surface area (TPSA) is 70.2 Å². The Morgan fingerprint density at radius 2 is 1.79 bits per heavy atom. The summed E-state index contributed by atoms with van der Waals surface area (Å²) in [5.41, 5.74) is 4.72. The molecule has 0 saturated carbocycles. The van der Waals surface area contributed by atoms with Crippen molar-refractivity contribution in [3.63, 3.8) is 0 Å². The Kier molecular flexibility index (Phi) is 5.70. The summed E-state index contributed by atoms with van der Waals surface area (Å²) in [5, 5.41) is 14.3. The molecule has 1 fully saturated rings. The zero-order valence-corrected chi connectivity index (χ0v) is 16.6. The maximum Gasteiger partial charge on any atom is 0.272 e. The van der Waals surface area contributed by atoms with Crippen molar-refractivity contribution in [1.29, 1.82) is 0 Å². The number of benzene rings is 2. The predicted molar refractivity (Wildman–Crippen MR) is 116 cm³/mol. The number of nitrogens with one attached hydrogen (secondary N) is 2. The van der Waals surface area contributed by atoms with E-state index >= 15 is 0 Å². The summed E-state index contributed by atoms with van der Waals surface area (Å²) in [7, 11) is 0. The highest BCUT2D eigenvalue weighted by atomic mass is 16.1. The van der Waals surface area contributed by atoms with E-state index < -0.39 is 0 Å². The van der Waals surface area contributed by atoms with Gasteiger partial charge in [0, 0.05) is 31.0 Å². The first-order valence-electron chi connectivity index (χ1n) is 9.97. The summed E-state index contributed by atoms with van der Waals surface area (Å²) in [6.45, 7) is 4.76. The lowest BCUT2D eigenvalue weighted by molar-refractivity contribution is 0.0945. The van der Waals surface area contributed by atoms with Crippen molar-refractivity contribution in [3.8, 4) is 0 Å². The first-order valence-corrected chi connectivity index (χ1v) is 9.97. The minimum absolute atomic E-state index is 0.236. The molecule has 0 unspecified atom stereocenters. The fourth-order valence-electron chi connectivity index (χ4n) is 3.49. The van der Waals surface area contributed by atoms with Crippen molar-refractivity contribution >= 4 is 23.1 Å². The quantitative estimate of drug-likeness (QED) is 0.667. The SMILES string of the molecule is Cc1cccc(CNC(=O)c2ccc(Nc3ccc(N4CCCC4)cc3)nn2)c1. The Hall–Kier alpha value is -3.41. The number of aromatic nitrogens is 2. The molecule has 29 heavy (non-hydrogen) atoms. The summed E-state index contributed by atoms with van der Waals surface area (Å²) < 4.78 is 0.